The van der Waals surface area contributed by atoms with Gasteiger partial charge >= 0.3 is 7.60 Å². The van der Waals surface area contributed by atoms with Crippen LogP contribution in [0.3, 0.4) is 0 Å². The van der Waals surface area contributed by atoms with Crippen LogP contribution in [-0.4, -0.2) is 20.1 Å². The minimum Gasteiger partial charge on any atom is -0.321 e. The zero-order chi connectivity index (χ0) is 18.2. The van der Waals surface area contributed by atoms with Crippen LogP contribution in [0.2, 0.25) is 0 Å². The van der Waals surface area contributed by atoms with Crippen LogP contribution in [0.1, 0.15) is 22.3 Å². The van der Waals surface area contributed by atoms with Crippen LogP contribution in [0.25, 0.3) is 11.6 Å². The number of aryl methyl sites for hydroxylation is 2. The Kier molecular flexibility index (Phi) is 4.65. The van der Waals surface area contributed by atoms with Gasteiger partial charge in [0.15, 0.2) is 0 Å². The van der Waals surface area contributed by atoms with Crippen LogP contribution in [0.15, 0.2) is 36.4 Å². The van der Waals surface area contributed by atoms with Crippen molar-refractivity contribution in [2.24, 2.45) is 0 Å². The van der Waals surface area contributed by atoms with E-state index in [0.29, 0.717) is 22.1 Å². The molecule has 0 atom stereocenters. The highest BCUT2D eigenvalue weighted by molar-refractivity contribution is 7.62. The highest BCUT2D eigenvalue weighted by Crippen LogP contribution is 2.50. The predicted molar refractivity (Wildman–Crippen MR) is 100 cm³/mol. The van der Waals surface area contributed by atoms with Crippen LogP contribution in [0.5, 0.6) is 0 Å². The summed E-state index contributed by atoms with van der Waals surface area (Å²) >= 11 is 0. The highest BCUT2D eigenvalue weighted by atomic mass is 31.2. The smallest absolute Gasteiger partial charge is 0.321 e. The fourth-order valence-corrected chi connectivity index (χ4v) is 4.23. The van der Waals surface area contributed by atoms with Crippen molar-refractivity contribution in [2.75, 3.05) is 19.5 Å². The number of carbonyl (C=O) groups excluding carboxylic acids is 1. The number of amides is 1. The molecule has 1 heterocycles. The minimum atomic E-state index is -3.49. The van der Waals surface area contributed by atoms with Crippen LogP contribution in [-0.2, 0) is 18.4 Å². The van der Waals surface area contributed by atoms with Gasteiger partial charge in [-0.2, -0.15) is 0 Å². The van der Waals surface area contributed by atoms with Gasteiger partial charge in [-0.15, -0.1) is 0 Å². The van der Waals surface area contributed by atoms with E-state index in [1.54, 1.807) is 6.07 Å². The first-order chi connectivity index (χ1) is 11.9. The Labute approximate surface area is 147 Å². The maximum absolute atomic E-state index is 12.9. The molecular formula is C19H20NO4P. The third-order valence-corrected chi connectivity index (χ3v) is 6.10. The fourth-order valence-electron chi connectivity index (χ4n) is 2.87. The lowest BCUT2D eigenvalue weighted by Gasteiger charge is -2.17. The molecule has 130 valence electrons. The molecule has 2 aromatic rings. The van der Waals surface area contributed by atoms with Gasteiger partial charge in [-0.05, 0) is 43.2 Å². The van der Waals surface area contributed by atoms with Gasteiger partial charge in [0, 0.05) is 25.4 Å². The Morgan fingerprint density at radius 3 is 2.24 bits per heavy atom. The molecule has 0 saturated carbocycles. The summed E-state index contributed by atoms with van der Waals surface area (Å²) in [4.78, 5) is 12.5. The molecule has 6 heteroatoms. The van der Waals surface area contributed by atoms with Gasteiger partial charge in [0.1, 0.15) is 0 Å². The summed E-state index contributed by atoms with van der Waals surface area (Å²) in [5, 5.41) is 3.18. The van der Waals surface area contributed by atoms with Crippen LogP contribution in [0.4, 0.5) is 5.69 Å². The van der Waals surface area contributed by atoms with Gasteiger partial charge in [-0.1, -0.05) is 29.8 Å². The summed E-state index contributed by atoms with van der Waals surface area (Å²) in [5.41, 5.74) is 4.67. The molecule has 0 radical (unpaired) electrons. The topological polar surface area (TPSA) is 64.6 Å². The maximum atomic E-state index is 12.9. The Balaban J connectivity index is 2.18. The number of benzene rings is 2. The van der Waals surface area contributed by atoms with E-state index in [2.05, 4.69) is 5.32 Å². The summed E-state index contributed by atoms with van der Waals surface area (Å²) in [7, 11) is -0.821. The van der Waals surface area contributed by atoms with E-state index in [0.717, 1.165) is 16.7 Å². The van der Waals surface area contributed by atoms with Gasteiger partial charge in [-0.3, -0.25) is 9.36 Å². The molecule has 0 aliphatic carbocycles. The second-order valence-electron chi connectivity index (χ2n) is 5.99. The number of hydrogen-bond acceptors (Lipinski definition) is 4. The quantitative estimate of drug-likeness (QED) is 0.666. The van der Waals surface area contributed by atoms with Gasteiger partial charge in [0.2, 0.25) is 0 Å². The van der Waals surface area contributed by atoms with Crippen molar-refractivity contribution in [2.45, 2.75) is 13.8 Å². The average molecular weight is 357 g/mol. The monoisotopic (exact) mass is 357 g/mol. The Morgan fingerprint density at radius 1 is 1.00 bits per heavy atom. The van der Waals surface area contributed by atoms with Gasteiger partial charge in [0.05, 0.1) is 11.0 Å². The van der Waals surface area contributed by atoms with Crippen molar-refractivity contribution in [1.82, 2.24) is 0 Å². The molecule has 3 rings (SSSR count). The van der Waals surface area contributed by atoms with Crippen LogP contribution < -0.4 is 10.6 Å². The first-order valence-electron chi connectivity index (χ1n) is 7.85. The molecule has 0 fully saturated rings. The average Bonchev–Trinajstić information content (AvgIpc) is 2.91. The normalized spacial score (nSPS) is 15.4. The summed E-state index contributed by atoms with van der Waals surface area (Å²) in [6, 6.07) is 11.5. The highest BCUT2D eigenvalue weighted by Gasteiger charge is 2.35. The number of carbonyl (C=O) groups is 1. The summed E-state index contributed by atoms with van der Waals surface area (Å²) < 4.78 is 23.1. The molecule has 2 aromatic carbocycles. The van der Waals surface area contributed by atoms with Crippen molar-refractivity contribution in [1.29, 1.82) is 0 Å². The molecule has 25 heavy (non-hydrogen) atoms. The standard InChI is InChI=1S/C19H20NO4P/c1-12-5-7-14(8-6-12)11-16-15-9-13(2)10-17(18(15)20-19(16)21)25(22,23-3)24-4/h5-11H,1-4H3,(H,20,21). The lowest BCUT2D eigenvalue weighted by Crippen LogP contribution is -2.15. The zero-order valence-electron chi connectivity index (χ0n) is 14.6. The first kappa shape index (κ1) is 17.6. The van der Waals surface area contributed by atoms with E-state index in [4.69, 9.17) is 9.05 Å². The summed E-state index contributed by atoms with van der Waals surface area (Å²) in [6.07, 6.45) is 1.83. The third-order valence-electron chi connectivity index (χ3n) is 4.20. The minimum absolute atomic E-state index is 0.235. The molecule has 1 amide bonds. The zero-order valence-corrected chi connectivity index (χ0v) is 15.5. The largest absolute Gasteiger partial charge is 0.362 e. The van der Waals surface area contributed by atoms with Gasteiger partial charge in [-0.25, -0.2) is 0 Å². The molecule has 0 spiro atoms. The molecule has 1 aliphatic rings. The number of hydrogen-bond donors (Lipinski definition) is 1. The van der Waals surface area contributed by atoms with Gasteiger partial charge in [0.25, 0.3) is 5.91 Å². The van der Waals surface area contributed by atoms with E-state index in [1.807, 2.05) is 50.3 Å². The SMILES string of the molecule is COP(=O)(OC)c1cc(C)cc2c1NC(=O)C2=Cc1ccc(C)cc1. The lowest BCUT2D eigenvalue weighted by molar-refractivity contribution is -0.110. The van der Waals surface area contributed by atoms with Crippen molar-refractivity contribution in [3.05, 3.63) is 58.7 Å². The van der Waals surface area contributed by atoms with Crippen LogP contribution >= 0.6 is 7.60 Å². The van der Waals surface area contributed by atoms with Crippen molar-refractivity contribution in [3.8, 4) is 0 Å². The molecule has 0 bridgehead atoms. The number of anilines is 1. The lowest BCUT2D eigenvalue weighted by atomic mass is 10.0. The number of rotatable bonds is 4. The van der Waals surface area contributed by atoms with E-state index in [1.165, 1.54) is 14.2 Å². The van der Waals surface area contributed by atoms with E-state index >= 15 is 0 Å². The van der Waals surface area contributed by atoms with E-state index in [9.17, 15) is 9.36 Å². The van der Waals surface area contributed by atoms with Crippen LogP contribution in [0, 0.1) is 13.8 Å². The summed E-state index contributed by atoms with van der Waals surface area (Å²) in [6.45, 7) is 3.89. The van der Waals surface area contributed by atoms with Crippen molar-refractivity contribution in [3.63, 3.8) is 0 Å². The van der Waals surface area contributed by atoms with Crippen molar-refractivity contribution < 1.29 is 18.4 Å². The van der Waals surface area contributed by atoms with Gasteiger partial charge < -0.3 is 14.4 Å². The van der Waals surface area contributed by atoms with E-state index < -0.39 is 7.60 Å². The molecule has 0 saturated heterocycles. The molecule has 1 aliphatic heterocycles. The molecule has 1 N–H and O–H groups in total. The van der Waals surface area contributed by atoms with Crippen molar-refractivity contribution >= 4 is 36.1 Å². The predicted octanol–water partition coefficient (Wildman–Crippen LogP) is 3.91. The molecule has 0 unspecified atom stereocenters. The molecular weight excluding hydrogens is 337 g/mol. The Morgan fingerprint density at radius 2 is 1.64 bits per heavy atom. The summed E-state index contributed by atoms with van der Waals surface area (Å²) in [5.74, 6) is -0.235. The Hall–Kier alpha value is -2.20. The Bertz CT molecular complexity index is 908. The molecule has 5 nitrogen and oxygen atoms in total. The fraction of sp³-hybridized carbons (Fsp3) is 0.211. The molecule has 0 aromatic heterocycles. The second kappa shape index (κ2) is 6.60. The number of nitrogens with one attached hydrogen (secondary N) is 1. The van der Waals surface area contributed by atoms with E-state index in [-0.39, 0.29) is 5.91 Å². The number of fused-ring (bicyclic) bond motifs is 1. The third kappa shape index (κ3) is 3.19. The first-order valence-corrected chi connectivity index (χ1v) is 9.39. The maximum Gasteiger partial charge on any atom is 0.362 e. The second-order valence-corrected chi connectivity index (χ2v) is 8.20.